The van der Waals surface area contributed by atoms with Crippen LogP contribution < -0.4 is 17.0 Å². The van der Waals surface area contributed by atoms with Gasteiger partial charge < -0.3 is 21.5 Å². The smallest absolute Gasteiger partial charge is 0.0837 e. The minimum Gasteiger partial charge on any atom is -1.00 e. The molecule has 0 aliphatic carbocycles. The molecular formula is C5H13BrN4. The third kappa shape index (κ3) is 10.7. The second kappa shape index (κ2) is 5.53. The summed E-state index contributed by atoms with van der Waals surface area (Å²) in [4.78, 5) is 2.65. The predicted octanol–water partition coefficient (Wildman–Crippen LogP) is -1.99. The highest BCUT2D eigenvalue weighted by atomic mass is 79.9. The van der Waals surface area contributed by atoms with Gasteiger partial charge in [-0.25, -0.2) is 0 Å². The van der Waals surface area contributed by atoms with Gasteiger partial charge in [-0.3, -0.25) is 0 Å². The van der Waals surface area contributed by atoms with Gasteiger partial charge in [-0.2, -0.15) is 0 Å². The van der Waals surface area contributed by atoms with Crippen LogP contribution in [0.3, 0.4) is 0 Å². The van der Waals surface area contributed by atoms with E-state index in [0.717, 1.165) is 11.0 Å². The van der Waals surface area contributed by atoms with Crippen molar-refractivity contribution in [2.75, 3.05) is 34.2 Å². The van der Waals surface area contributed by atoms with Gasteiger partial charge in [-0.05, 0) is 5.53 Å². The zero-order chi connectivity index (χ0) is 7.33. The van der Waals surface area contributed by atoms with Gasteiger partial charge in [0.2, 0.25) is 0 Å². The summed E-state index contributed by atoms with van der Waals surface area (Å²) in [5.41, 5.74) is 7.91. The van der Waals surface area contributed by atoms with Gasteiger partial charge in [0.1, 0.15) is 0 Å². The monoisotopic (exact) mass is 208 g/mol. The topological polar surface area (TPSA) is 48.8 Å². The van der Waals surface area contributed by atoms with Gasteiger partial charge >= 0.3 is 0 Å². The molecule has 0 spiro atoms. The predicted molar refractivity (Wildman–Crippen MR) is 36.9 cm³/mol. The Morgan fingerprint density at radius 2 is 1.90 bits per heavy atom. The van der Waals surface area contributed by atoms with Crippen LogP contribution in [0.2, 0.25) is 0 Å². The molecule has 0 aromatic heterocycles. The summed E-state index contributed by atoms with van der Waals surface area (Å²) >= 11 is 0. The fourth-order valence-corrected chi connectivity index (χ4v) is 0.389. The van der Waals surface area contributed by atoms with Gasteiger partial charge in [0.15, 0.2) is 0 Å². The highest BCUT2D eigenvalue weighted by Gasteiger charge is 2.03. The zero-order valence-corrected chi connectivity index (χ0v) is 8.17. The number of quaternary nitrogens is 1. The third-order valence-corrected chi connectivity index (χ3v) is 0.934. The summed E-state index contributed by atoms with van der Waals surface area (Å²) in [6.45, 7) is 1.48. The highest BCUT2D eigenvalue weighted by molar-refractivity contribution is 4.43. The van der Waals surface area contributed by atoms with Crippen LogP contribution in [0.4, 0.5) is 0 Å². The average molecular weight is 209 g/mol. The van der Waals surface area contributed by atoms with E-state index in [2.05, 4.69) is 31.2 Å². The molecule has 0 aromatic rings. The average Bonchev–Trinajstić information content (AvgIpc) is 1.63. The number of nitrogens with zero attached hydrogens (tertiary/aromatic N) is 4. The first-order valence-electron chi connectivity index (χ1n) is 2.87. The number of rotatable bonds is 3. The molecule has 10 heavy (non-hydrogen) atoms. The van der Waals surface area contributed by atoms with Crippen LogP contribution in [-0.4, -0.2) is 38.7 Å². The number of hydrogen-bond donors (Lipinski definition) is 0. The lowest BCUT2D eigenvalue weighted by Crippen LogP contribution is -3.00. The van der Waals surface area contributed by atoms with Crippen molar-refractivity contribution in [3.8, 4) is 0 Å². The maximum Gasteiger partial charge on any atom is 0.0837 e. The summed E-state index contributed by atoms with van der Waals surface area (Å²) in [6.07, 6.45) is 0. The SMILES string of the molecule is C[N+](C)(C)CCN=[N+]=[N-].[Br-]. The van der Waals surface area contributed by atoms with E-state index >= 15 is 0 Å². The maximum absolute atomic E-state index is 7.91. The lowest BCUT2D eigenvalue weighted by atomic mass is 10.5. The third-order valence-electron chi connectivity index (χ3n) is 0.934. The van der Waals surface area contributed by atoms with Crippen molar-refractivity contribution in [2.24, 2.45) is 5.11 Å². The van der Waals surface area contributed by atoms with E-state index in [-0.39, 0.29) is 17.0 Å². The van der Waals surface area contributed by atoms with E-state index < -0.39 is 0 Å². The molecule has 0 rings (SSSR count). The van der Waals surface area contributed by atoms with Crippen LogP contribution in [-0.2, 0) is 0 Å². The first kappa shape index (κ1) is 12.4. The normalized spacial score (nSPS) is 9.50. The number of halogens is 1. The summed E-state index contributed by atoms with van der Waals surface area (Å²) in [7, 11) is 6.19. The lowest BCUT2D eigenvalue weighted by Gasteiger charge is -2.22. The van der Waals surface area contributed by atoms with Crippen LogP contribution in [0.25, 0.3) is 10.4 Å². The molecule has 0 fully saturated rings. The van der Waals surface area contributed by atoms with E-state index in [4.69, 9.17) is 5.53 Å². The summed E-state index contributed by atoms with van der Waals surface area (Å²) in [5, 5.41) is 3.42. The first-order chi connectivity index (χ1) is 4.06. The van der Waals surface area contributed by atoms with Gasteiger partial charge in [0.05, 0.1) is 34.2 Å². The van der Waals surface area contributed by atoms with Crippen molar-refractivity contribution >= 4 is 0 Å². The summed E-state index contributed by atoms with van der Waals surface area (Å²) in [6, 6.07) is 0. The van der Waals surface area contributed by atoms with Crippen molar-refractivity contribution in [1.29, 1.82) is 0 Å². The van der Waals surface area contributed by atoms with Gasteiger partial charge in [0.25, 0.3) is 0 Å². The van der Waals surface area contributed by atoms with Crippen molar-refractivity contribution < 1.29 is 21.5 Å². The Morgan fingerprint density at radius 1 is 1.40 bits per heavy atom. The van der Waals surface area contributed by atoms with Crippen LogP contribution >= 0.6 is 0 Å². The van der Waals surface area contributed by atoms with Crippen molar-refractivity contribution in [3.63, 3.8) is 0 Å². The first-order valence-corrected chi connectivity index (χ1v) is 2.87. The molecular weight excluding hydrogens is 196 g/mol. The standard InChI is InChI=1S/C5H13N4.BrH/c1-9(2,3)5-4-7-8-6;/h4-5H2,1-3H3;1H/q+1;/p-1. The van der Waals surface area contributed by atoms with E-state index in [9.17, 15) is 0 Å². The molecule has 0 heterocycles. The molecule has 0 saturated carbocycles. The van der Waals surface area contributed by atoms with Gasteiger partial charge in [-0.15, -0.1) is 0 Å². The van der Waals surface area contributed by atoms with Crippen LogP contribution in [0.1, 0.15) is 0 Å². The van der Waals surface area contributed by atoms with Crippen LogP contribution in [0, 0.1) is 0 Å². The molecule has 60 valence electrons. The Labute approximate surface area is 71.8 Å². The molecule has 0 amide bonds. The molecule has 0 aliphatic heterocycles. The molecule has 5 heteroatoms. The Morgan fingerprint density at radius 3 is 2.20 bits per heavy atom. The minimum absolute atomic E-state index is 0. The van der Waals surface area contributed by atoms with E-state index in [1.165, 1.54) is 0 Å². The fraction of sp³-hybridized carbons (Fsp3) is 1.00. The number of hydrogen-bond acceptors (Lipinski definition) is 1. The van der Waals surface area contributed by atoms with E-state index in [1.807, 2.05) is 0 Å². The second-order valence-corrected chi connectivity index (χ2v) is 2.97. The lowest BCUT2D eigenvalue weighted by molar-refractivity contribution is -0.868. The Kier molecular flexibility index (Phi) is 6.87. The van der Waals surface area contributed by atoms with Crippen LogP contribution in [0.5, 0.6) is 0 Å². The maximum atomic E-state index is 7.91. The highest BCUT2D eigenvalue weighted by Crippen LogP contribution is 1.88. The zero-order valence-electron chi connectivity index (χ0n) is 6.58. The second-order valence-electron chi connectivity index (χ2n) is 2.97. The minimum atomic E-state index is 0. The molecule has 0 aromatic carbocycles. The number of azide groups is 1. The summed E-state index contributed by atoms with van der Waals surface area (Å²) in [5.74, 6) is 0. The van der Waals surface area contributed by atoms with E-state index in [1.54, 1.807) is 0 Å². The van der Waals surface area contributed by atoms with Crippen molar-refractivity contribution in [3.05, 3.63) is 10.4 Å². The van der Waals surface area contributed by atoms with Gasteiger partial charge in [-0.1, -0.05) is 5.11 Å². The molecule has 0 unspecified atom stereocenters. The Balaban J connectivity index is 0. The Bertz CT molecular complexity index is 122. The van der Waals surface area contributed by atoms with E-state index in [0.29, 0.717) is 6.54 Å². The molecule has 0 saturated heterocycles. The van der Waals surface area contributed by atoms with Gasteiger partial charge in [0, 0.05) is 4.91 Å². The molecule has 0 atom stereocenters. The molecule has 4 nitrogen and oxygen atoms in total. The molecule has 0 radical (unpaired) electrons. The number of likely N-dealkylation sites (N-methyl/N-ethyl adjacent to an activating group) is 1. The Hall–Kier alpha value is -0.250. The molecule has 0 N–H and O–H groups in total. The van der Waals surface area contributed by atoms with Crippen molar-refractivity contribution in [1.82, 2.24) is 0 Å². The largest absolute Gasteiger partial charge is 1.00 e. The summed E-state index contributed by atoms with van der Waals surface area (Å²) < 4.78 is 0.846. The quantitative estimate of drug-likeness (QED) is 0.223. The molecule has 0 aliphatic rings. The fourth-order valence-electron chi connectivity index (χ4n) is 0.389. The van der Waals surface area contributed by atoms with Crippen molar-refractivity contribution in [2.45, 2.75) is 0 Å². The molecule has 0 bridgehead atoms. The van der Waals surface area contributed by atoms with Crippen LogP contribution in [0.15, 0.2) is 5.11 Å².